The number of thiazole rings is 1. The van der Waals surface area contributed by atoms with Crippen molar-refractivity contribution in [1.29, 1.82) is 0 Å². The van der Waals surface area contributed by atoms with Gasteiger partial charge in [-0.15, -0.1) is 17.9 Å². The Morgan fingerprint density at radius 1 is 1.26 bits per heavy atom. The number of aryl methyl sites for hydroxylation is 1. The van der Waals surface area contributed by atoms with Crippen LogP contribution in [-0.4, -0.2) is 66.7 Å². The Balaban J connectivity index is 1.58. The first-order valence-corrected chi connectivity index (χ1v) is 15.2. The Morgan fingerprint density at radius 2 is 1.98 bits per heavy atom. The zero-order valence-corrected chi connectivity index (χ0v) is 26.1. The van der Waals surface area contributed by atoms with E-state index in [1.54, 1.807) is 28.9 Å². The molecule has 3 aromatic heterocycles. The van der Waals surface area contributed by atoms with Crippen LogP contribution in [0.1, 0.15) is 68.3 Å². The summed E-state index contributed by atoms with van der Waals surface area (Å²) in [6.45, 7) is 15.0. The smallest absolute Gasteiger partial charge is 0.337 e. The van der Waals surface area contributed by atoms with Gasteiger partial charge in [0.2, 0.25) is 0 Å². The summed E-state index contributed by atoms with van der Waals surface area (Å²) in [5, 5.41) is 26.2. The van der Waals surface area contributed by atoms with Crippen molar-refractivity contribution >= 4 is 28.8 Å². The topological polar surface area (TPSA) is 122 Å². The minimum Gasteiger partial charge on any atom is -0.508 e. The summed E-state index contributed by atoms with van der Waals surface area (Å²) < 4.78 is 14.0. The van der Waals surface area contributed by atoms with E-state index in [9.17, 15) is 15.0 Å². The SMILES string of the molecule is C=CCOC1(C)CCN(c2c(C(OC(C)(C)C)C(=O)O)c(C)nc3cc(-c4ncc(Cc5ccccc5O)s4)nn23)CC1. The highest BCUT2D eigenvalue weighted by atomic mass is 32.1. The van der Waals surface area contributed by atoms with Gasteiger partial charge in [-0.2, -0.15) is 9.61 Å². The van der Waals surface area contributed by atoms with Crippen LogP contribution in [0, 0.1) is 6.92 Å². The van der Waals surface area contributed by atoms with Gasteiger partial charge in [-0.1, -0.05) is 24.3 Å². The van der Waals surface area contributed by atoms with E-state index in [0.717, 1.165) is 23.3 Å². The minimum absolute atomic E-state index is 0.250. The molecular weight excluding hydrogens is 566 g/mol. The summed E-state index contributed by atoms with van der Waals surface area (Å²) in [4.78, 5) is 25.3. The number of rotatable bonds is 10. The fourth-order valence-electron chi connectivity index (χ4n) is 5.37. The van der Waals surface area contributed by atoms with Crippen molar-refractivity contribution < 1.29 is 24.5 Å². The predicted octanol–water partition coefficient (Wildman–Crippen LogP) is 5.96. The van der Waals surface area contributed by atoms with Crippen LogP contribution in [0.15, 0.2) is 49.2 Å². The summed E-state index contributed by atoms with van der Waals surface area (Å²) in [5.41, 5.74) is 2.10. The molecule has 0 radical (unpaired) electrons. The quantitative estimate of drug-likeness (QED) is 0.211. The van der Waals surface area contributed by atoms with Crippen LogP contribution in [0.4, 0.5) is 5.82 Å². The number of carboxylic acid groups (broad SMARTS) is 1. The minimum atomic E-state index is -1.24. The van der Waals surface area contributed by atoms with Crippen LogP contribution in [0.5, 0.6) is 5.75 Å². The molecule has 2 N–H and O–H groups in total. The van der Waals surface area contributed by atoms with E-state index in [2.05, 4.69) is 23.4 Å². The number of phenolic OH excluding ortho intramolecular Hbond substituents is 1. The first-order valence-electron chi connectivity index (χ1n) is 14.4. The highest BCUT2D eigenvalue weighted by molar-refractivity contribution is 7.15. The number of aliphatic carboxylic acids is 1. The maximum Gasteiger partial charge on any atom is 0.337 e. The van der Waals surface area contributed by atoms with Gasteiger partial charge >= 0.3 is 5.97 Å². The third-order valence-electron chi connectivity index (χ3n) is 7.56. The summed E-state index contributed by atoms with van der Waals surface area (Å²) in [5.74, 6) is -0.181. The molecule has 5 rings (SSSR count). The Bertz CT molecular complexity index is 1630. The standard InChI is InChI=1S/C32H39N5O5S/c1-7-16-41-32(6)12-14-36(15-13-32)29-26(27(30(39)40)42-31(3,4)5)20(2)34-25-18-23(35-37(25)29)28-33-19-22(43-28)17-21-10-8-9-11-24(21)38/h7-11,18-19,27,38H,1,12-17H2,2-6H3,(H,39,40). The average Bonchev–Trinajstić information content (AvgIpc) is 3.58. The normalized spacial score (nSPS) is 16.0. The molecule has 0 aliphatic carbocycles. The van der Waals surface area contributed by atoms with Crippen molar-refractivity contribution in [2.75, 3.05) is 24.6 Å². The maximum absolute atomic E-state index is 12.7. The number of hydrogen-bond donors (Lipinski definition) is 2. The Hall–Kier alpha value is -3.80. The Morgan fingerprint density at radius 3 is 2.63 bits per heavy atom. The van der Waals surface area contributed by atoms with Crippen LogP contribution in [0.25, 0.3) is 16.3 Å². The molecular formula is C32H39N5O5S. The fraction of sp³-hybridized carbons (Fsp3) is 0.438. The van der Waals surface area contributed by atoms with Gasteiger partial charge in [0.1, 0.15) is 22.3 Å². The number of hydrogen-bond acceptors (Lipinski definition) is 9. The van der Waals surface area contributed by atoms with Crippen molar-refractivity contribution in [3.05, 3.63) is 70.9 Å². The summed E-state index contributed by atoms with van der Waals surface area (Å²) in [6, 6.07) is 9.14. The molecule has 43 heavy (non-hydrogen) atoms. The molecule has 1 saturated heterocycles. The molecule has 0 saturated carbocycles. The number of aromatic nitrogens is 4. The first kappa shape index (κ1) is 30.7. The number of benzene rings is 1. The van der Waals surface area contributed by atoms with Crippen molar-refractivity contribution in [3.63, 3.8) is 0 Å². The highest BCUT2D eigenvalue weighted by Gasteiger charge is 2.37. The summed E-state index contributed by atoms with van der Waals surface area (Å²) in [6.07, 6.45) is 4.36. The fourth-order valence-corrected chi connectivity index (χ4v) is 6.26. The van der Waals surface area contributed by atoms with Crippen molar-refractivity contribution in [2.24, 2.45) is 0 Å². The Kier molecular flexibility index (Phi) is 8.60. The predicted molar refractivity (Wildman–Crippen MR) is 167 cm³/mol. The zero-order valence-electron chi connectivity index (χ0n) is 25.3. The molecule has 1 aliphatic rings. The van der Waals surface area contributed by atoms with E-state index in [0.29, 0.717) is 59.5 Å². The number of para-hydroxylation sites is 1. The van der Waals surface area contributed by atoms with E-state index < -0.39 is 17.7 Å². The number of fused-ring (bicyclic) bond motifs is 1. The summed E-state index contributed by atoms with van der Waals surface area (Å²) in [7, 11) is 0. The number of carboxylic acids is 1. The number of anilines is 1. The van der Waals surface area contributed by atoms with E-state index in [-0.39, 0.29) is 11.4 Å². The van der Waals surface area contributed by atoms with Crippen LogP contribution in [0.2, 0.25) is 0 Å². The molecule has 4 aromatic rings. The van der Waals surface area contributed by atoms with Crippen LogP contribution in [0.3, 0.4) is 0 Å². The first-order chi connectivity index (χ1) is 20.4. The van der Waals surface area contributed by atoms with Crippen molar-refractivity contribution in [2.45, 2.75) is 71.2 Å². The second kappa shape index (κ2) is 12.1. The second-order valence-electron chi connectivity index (χ2n) is 12.2. The molecule has 11 heteroatoms. The van der Waals surface area contributed by atoms with Gasteiger partial charge in [-0.3, -0.25) is 0 Å². The number of aromatic hydroxyl groups is 1. The van der Waals surface area contributed by atoms with Crippen LogP contribution in [-0.2, 0) is 20.7 Å². The maximum atomic E-state index is 12.7. The number of phenols is 1. The summed E-state index contributed by atoms with van der Waals surface area (Å²) >= 11 is 1.50. The number of carbonyl (C=O) groups is 1. The lowest BCUT2D eigenvalue weighted by Crippen LogP contribution is -2.45. The van der Waals surface area contributed by atoms with Gasteiger partial charge in [0.25, 0.3) is 0 Å². The average molecular weight is 606 g/mol. The lowest BCUT2D eigenvalue weighted by atomic mass is 9.92. The molecule has 0 spiro atoms. The second-order valence-corrected chi connectivity index (χ2v) is 13.3. The highest BCUT2D eigenvalue weighted by Crippen LogP contribution is 2.38. The molecule has 10 nitrogen and oxygen atoms in total. The molecule has 1 unspecified atom stereocenters. The molecule has 1 aromatic carbocycles. The number of ether oxygens (including phenoxy) is 2. The third-order valence-corrected chi connectivity index (χ3v) is 8.58. The molecule has 1 atom stereocenters. The molecule has 4 heterocycles. The van der Waals surface area contributed by atoms with E-state index >= 15 is 0 Å². The van der Waals surface area contributed by atoms with Gasteiger partial charge < -0.3 is 24.6 Å². The monoisotopic (exact) mass is 605 g/mol. The van der Waals surface area contributed by atoms with E-state index in [1.165, 1.54) is 11.3 Å². The molecule has 228 valence electrons. The lowest BCUT2D eigenvalue weighted by molar-refractivity contribution is -0.160. The molecule has 1 aliphatic heterocycles. The van der Waals surface area contributed by atoms with Gasteiger partial charge in [-0.05, 0) is 59.1 Å². The van der Waals surface area contributed by atoms with Gasteiger partial charge in [0.05, 0.1) is 23.4 Å². The van der Waals surface area contributed by atoms with Gasteiger partial charge in [0, 0.05) is 42.3 Å². The Labute approximate surface area is 255 Å². The number of piperidine rings is 1. The van der Waals surface area contributed by atoms with Crippen molar-refractivity contribution in [3.8, 4) is 16.5 Å². The van der Waals surface area contributed by atoms with E-state index in [4.69, 9.17) is 19.6 Å². The van der Waals surface area contributed by atoms with E-state index in [1.807, 2.05) is 45.9 Å². The van der Waals surface area contributed by atoms with Crippen molar-refractivity contribution in [1.82, 2.24) is 19.6 Å². The van der Waals surface area contributed by atoms with Gasteiger partial charge in [0.15, 0.2) is 11.8 Å². The molecule has 0 amide bonds. The molecule has 0 bridgehead atoms. The molecule has 1 fully saturated rings. The lowest BCUT2D eigenvalue weighted by Gasteiger charge is -2.41. The van der Waals surface area contributed by atoms with Gasteiger partial charge in [-0.25, -0.2) is 14.8 Å². The zero-order chi connectivity index (χ0) is 30.9. The number of nitrogens with zero attached hydrogens (tertiary/aromatic N) is 5. The van der Waals surface area contributed by atoms with Crippen LogP contribution >= 0.6 is 11.3 Å². The van der Waals surface area contributed by atoms with Crippen LogP contribution < -0.4 is 4.90 Å². The third kappa shape index (κ3) is 6.74. The largest absolute Gasteiger partial charge is 0.508 e.